The molecule has 3 N–H and O–H groups in total. The second kappa shape index (κ2) is 11.3. The molecular formula is C29H43N9O. The summed E-state index contributed by atoms with van der Waals surface area (Å²) < 4.78 is 2.16. The van der Waals surface area contributed by atoms with Crippen molar-refractivity contribution in [2.24, 2.45) is 0 Å². The Balaban J connectivity index is 1.24. The lowest BCUT2D eigenvalue weighted by atomic mass is 9.98. The average Bonchev–Trinajstić information content (AvgIpc) is 3.62. The Morgan fingerprint density at radius 3 is 2.38 bits per heavy atom. The number of fused-ring (bicyclic) bond motifs is 1. The highest BCUT2D eigenvalue weighted by molar-refractivity contribution is 5.97. The summed E-state index contributed by atoms with van der Waals surface area (Å²) in [6, 6.07) is 1.37. The summed E-state index contributed by atoms with van der Waals surface area (Å²) in [5.41, 5.74) is 4.50. The smallest absolute Gasteiger partial charge is 0.153 e. The van der Waals surface area contributed by atoms with Gasteiger partial charge in [-0.05, 0) is 71.5 Å². The number of rotatable bonds is 7. The monoisotopic (exact) mass is 533 g/mol. The van der Waals surface area contributed by atoms with E-state index in [4.69, 9.17) is 20.1 Å². The van der Waals surface area contributed by atoms with Crippen LogP contribution in [0.25, 0.3) is 22.2 Å². The normalized spacial score (nSPS) is 24.0. The zero-order valence-electron chi connectivity index (χ0n) is 23.6. The van der Waals surface area contributed by atoms with Crippen molar-refractivity contribution in [2.75, 3.05) is 50.9 Å². The Hall–Kier alpha value is -2.82. The van der Waals surface area contributed by atoms with Crippen molar-refractivity contribution >= 4 is 22.7 Å². The SMILES string of the molecule is CCc1nc2c(NC)ncc(-c3cnn(C4CCN(C5CCN(C)CC5)CC4)c3)c2nc1NC1CCC(O)C1. The highest BCUT2D eigenvalue weighted by Gasteiger charge is 2.29. The number of nitrogens with zero attached hydrogens (tertiary/aromatic N) is 7. The molecule has 210 valence electrons. The van der Waals surface area contributed by atoms with E-state index in [1.165, 1.54) is 25.9 Å². The van der Waals surface area contributed by atoms with Crippen molar-refractivity contribution in [2.45, 2.75) is 82.5 Å². The first kappa shape index (κ1) is 26.4. The van der Waals surface area contributed by atoms with Crippen molar-refractivity contribution in [1.29, 1.82) is 0 Å². The second-order valence-corrected chi connectivity index (χ2v) is 11.7. The van der Waals surface area contributed by atoms with Gasteiger partial charge in [0, 0.05) is 55.7 Å². The van der Waals surface area contributed by atoms with Crippen LogP contribution in [-0.2, 0) is 6.42 Å². The van der Waals surface area contributed by atoms with Gasteiger partial charge in [0.25, 0.3) is 0 Å². The molecule has 10 heteroatoms. The predicted octanol–water partition coefficient (Wildman–Crippen LogP) is 3.55. The number of hydrogen-bond donors (Lipinski definition) is 3. The van der Waals surface area contributed by atoms with E-state index in [1.807, 2.05) is 19.4 Å². The highest BCUT2D eigenvalue weighted by Crippen LogP contribution is 2.34. The first-order valence-electron chi connectivity index (χ1n) is 14.8. The van der Waals surface area contributed by atoms with E-state index >= 15 is 0 Å². The number of aliphatic hydroxyl groups excluding tert-OH is 1. The lowest BCUT2D eigenvalue weighted by Crippen LogP contribution is -2.47. The molecule has 39 heavy (non-hydrogen) atoms. The van der Waals surface area contributed by atoms with Crippen LogP contribution in [0.2, 0.25) is 0 Å². The van der Waals surface area contributed by atoms with Gasteiger partial charge in [-0.15, -0.1) is 0 Å². The molecular weight excluding hydrogens is 490 g/mol. The fraction of sp³-hybridized carbons (Fsp3) is 0.655. The van der Waals surface area contributed by atoms with Gasteiger partial charge in [-0.3, -0.25) is 4.68 Å². The molecule has 0 spiro atoms. The Labute approximate surface area is 231 Å². The van der Waals surface area contributed by atoms with Crippen molar-refractivity contribution in [3.63, 3.8) is 0 Å². The Bertz CT molecular complexity index is 1280. The van der Waals surface area contributed by atoms with Crippen LogP contribution in [0.3, 0.4) is 0 Å². The predicted molar refractivity (Wildman–Crippen MR) is 155 cm³/mol. The average molecular weight is 534 g/mol. The fourth-order valence-electron chi connectivity index (χ4n) is 6.67. The van der Waals surface area contributed by atoms with Crippen LogP contribution < -0.4 is 10.6 Å². The molecule has 1 aliphatic carbocycles. The molecule has 3 aliphatic rings. The number of piperidine rings is 2. The third-order valence-corrected chi connectivity index (χ3v) is 9.08. The number of nitrogens with one attached hydrogen (secondary N) is 2. The largest absolute Gasteiger partial charge is 0.393 e. The first-order chi connectivity index (χ1) is 19.0. The topological polar surface area (TPSA) is 107 Å². The van der Waals surface area contributed by atoms with Crippen molar-refractivity contribution in [1.82, 2.24) is 34.5 Å². The zero-order chi connectivity index (χ0) is 26.9. The summed E-state index contributed by atoms with van der Waals surface area (Å²) in [4.78, 5) is 20.0. The van der Waals surface area contributed by atoms with Crippen LogP contribution >= 0.6 is 0 Å². The van der Waals surface area contributed by atoms with Gasteiger partial charge in [0.2, 0.25) is 0 Å². The molecule has 3 aromatic rings. The quantitative estimate of drug-likeness (QED) is 0.420. The van der Waals surface area contributed by atoms with E-state index in [0.717, 1.165) is 97.1 Å². The van der Waals surface area contributed by atoms with Crippen LogP contribution in [0.15, 0.2) is 18.6 Å². The number of aryl methyl sites for hydroxylation is 1. The minimum absolute atomic E-state index is 0.217. The molecule has 0 radical (unpaired) electrons. The number of pyridine rings is 1. The molecule has 2 saturated heterocycles. The Kier molecular flexibility index (Phi) is 7.68. The molecule has 5 heterocycles. The van der Waals surface area contributed by atoms with Gasteiger partial charge in [-0.1, -0.05) is 6.92 Å². The lowest BCUT2D eigenvalue weighted by Gasteiger charge is -2.41. The fourth-order valence-corrected chi connectivity index (χ4v) is 6.67. The molecule has 3 aromatic heterocycles. The molecule has 0 aromatic carbocycles. The molecule has 6 rings (SSSR count). The number of aromatic nitrogens is 5. The Morgan fingerprint density at radius 2 is 1.69 bits per heavy atom. The first-order valence-corrected chi connectivity index (χ1v) is 14.8. The number of aliphatic hydroxyl groups is 1. The summed E-state index contributed by atoms with van der Waals surface area (Å²) in [7, 11) is 4.10. The summed E-state index contributed by atoms with van der Waals surface area (Å²) >= 11 is 0. The number of anilines is 2. The van der Waals surface area contributed by atoms with Crippen LogP contribution in [0, 0.1) is 0 Å². The van der Waals surface area contributed by atoms with E-state index in [0.29, 0.717) is 6.04 Å². The summed E-state index contributed by atoms with van der Waals surface area (Å²) in [5.74, 6) is 1.54. The molecule has 1 saturated carbocycles. The van der Waals surface area contributed by atoms with Gasteiger partial charge in [0.1, 0.15) is 16.9 Å². The highest BCUT2D eigenvalue weighted by atomic mass is 16.3. The number of likely N-dealkylation sites (tertiary alicyclic amines) is 2. The minimum Gasteiger partial charge on any atom is -0.393 e. The van der Waals surface area contributed by atoms with E-state index in [2.05, 4.69) is 45.3 Å². The van der Waals surface area contributed by atoms with Gasteiger partial charge in [0.15, 0.2) is 5.82 Å². The molecule has 10 nitrogen and oxygen atoms in total. The zero-order valence-corrected chi connectivity index (χ0v) is 23.6. The third kappa shape index (κ3) is 5.47. The molecule has 2 aliphatic heterocycles. The van der Waals surface area contributed by atoms with Crippen LogP contribution in [0.1, 0.15) is 63.6 Å². The summed E-state index contributed by atoms with van der Waals surface area (Å²) in [6.45, 7) is 6.81. The Morgan fingerprint density at radius 1 is 0.923 bits per heavy atom. The van der Waals surface area contributed by atoms with Crippen LogP contribution in [0.4, 0.5) is 11.6 Å². The van der Waals surface area contributed by atoms with Crippen LogP contribution in [-0.4, -0.2) is 98.1 Å². The summed E-state index contributed by atoms with van der Waals surface area (Å²) in [6.07, 6.45) is 13.9. The minimum atomic E-state index is -0.237. The van der Waals surface area contributed by atoms with Gasteiger partial charge in [-0.2, -0.15) is 5.10 Å². The van der Waals surface area contributed by atoms with Gasteiger partial charge < -0.3 is 25.5 Å². The van der Waals surface area contributed by atoms with Crippen molar-refractivity contribution in [3.8, 4) is 11.1 Å². The second-order valence-electron chi connectivity index (χ2n) is 11.7. The number of hydrogen-bond acceptors (Lipinski definition) is 9. The van der Waals surface area contributed by atoms with E-state index in [9.17, 15) is 5.11 Å². The molecule has 0 bridgehead atoms. The molecule has 2 unspecified atom stereocenters. The van der Waals surface area contributed by atoms with Crippen molar-refractivity contribution in [3.05, 3.63) is 24.3 Å². The molecule has 3 fully saturated rings. The maximum atomic E-state index is 10.0. The van der Waals surface area contributed by atoms with E-state index < -0.39 is 0 Å². The van der Waals surface area contributed by atoms with Crippen molar-refractivity contribution < 1.29 is 5.11 Å². The molecule has 2 atom stereocenters. The van der Waals surface area contributed by atoms with Crippen LogP contribution in [0.5, 0.6) is 0 Å². The van der Waals surface area contributed by atoms with Gasteiger partial charge in [0.05, 0.1) is 24.0 Å². The standard InChI is InChI=1S/C29H43N9O/c1-4-25-28(33-20-5-6-23(39)15-20)35-26-24(17-31-29(30-2)27(26)34-25)19-16-32-38(18-19)22-9-13-37(14-10-22)21-7-11-36(3)12-8-21/h16-18,20-23,39H,4-15H2,1-3H3,(H,30,31)(H,33,35). The lowest BCUT2D eigenvalue weighted by molar-refractivity contribution is 0.0851. The molecule has 0 amide bonds. The van der Waals surface area contributed by atoms with Gasteiger partial charge >= 0.3 is 0 Å². The van der Waals surface area contributed by atoms with Gasteiger partial charge in [-0.25, -0.2) is 15.0 Å². The maximum Gasteiger partial charge on any atom is 0.153 e. The third-order valence-electron chi connectivity index (χ3n) is 9.08. The van der Waals surface area contributed by atoms with E-state index in [-0.39, 0.29) is 12.1 Å². The maximum absolute atomic E-state index is 10.0. The summed E-state index contributed by atoms with van der Waals surface area (Å²) in [5, 5.41) is 21.6. The van der Waals surface area contributed by atoms with E-state index in [1.54, 1.807) is 0 Å².